The first kappa shape index (κ1) is 13.7. The normalized spacial score (nSPS) is 17.1. The summed E-state index contributed by atoms with van der Waals surface area (Å²) in [5.41, 5.74) is -0.161. The zero-order valence-electron chi connectivity index (χ0n) is 10.7. The molecule has 1 rings (SSSR count). The third-order valence-electron chi connectivity index (χ3n) is 2.90. The lowest BCUT2D eigenvalue weighted by molar-refractivity contribution is 0.154. The van der Waals surface area contributed by atoms with Crippen LogP contribution in [0.15, 0.2) is 12.1 Å². The first-order valence-corrected chi connectivity index (χ1v) is 6.77. The summed E-state index contributed by atoms with van der Waals surface area (Å²) in [5, 5.41) is 13.0. The van der Waals surface area contributed by atoms with Gasteiger partial charge in [0.2, 0.25) is 0 Å². The standard InChI is InChI=1S/C13H23NOS/c1-5-8-13(4,9-15)14-11(3)12-7-6-10(2)16-12/h6-7,11,14-15H,5,8-9H2,1-4H3. The molecule has 2 nitrogen and oxygen atoms in total. The molecular weight excluding hydrogens is 218 g/mol. The molecule has 0 fully saturated rings. The van der Waals surface area contributed by atoms with Crippen molar-refractivity contribution >= 4 is 11.3 Å². The lowest BCUT2D eigenvalue weighted by Gasteiger charge is -2.31. The van der Waals surface area contributed by atoms with Gasteiger partial charge >= 0.3 is 0 Å². The molecule has 0 aliphatic rings. The van der Waals surface area contributed by atoms with Crippen LogP contribution in [-0.2, 0) is 0 Å². The summed E-state index contributed by atoms with van der Waals surface area (Å²) in [6.45, 7) is 8.71. The predicted octanol–water partition coefficient (Wildman–Crippen LogP) is 3.26. The van der Waals surface area contributed by atoms with Crippen LogP contribution in [-0.4, -0.2) is 17.3 Å². The molecule has 0 aliphatic heterocycles. The monoisotopic (exact) mass is 241 g/mol. The van der Waals surface area contributed by atoms with Crippen LogP contribution in [0.1, 0.15) is 49.4 Å². The van der Waals surface area contributed by atoms with Crippen LogP contribution in [0.5, 0.6) is 0 Å². The van der Waals surface area contributed by atoms with E-state index >= 15 is 0 Å². The van der Waals surface area contributed by atoms with Gasteiger partial charge in [-0.05, 0) is 39.3 Å². The van der Waals surface area contributed by atoms with Gasteiger partial charge in [-0.15, -0.1) is 11.3 Å². The highest BCUT2D eigenvalue weighted by atomic mass is 32.1. The Balaban J connectivity index is 2.65. The Morgan fingerprint density at radius 2 is 2.19 bits per heavy atom. The lowest BCUT2D eigenvalue weighted by atomic mass is 9.96. The zero-order valence-corrected chi connectivity index (χ0v) is 11.5. The third-order valence-corrected chi connectivity index (χ3v) is 4.09. The topological polar surface area (TPSA) is 32.3 Å². The molecule has 0 saturated carbocycles. The van der Waals surface area contributed by atoms with Crippen LogP contribution >= 0.6 is 11.3 Å². The van der Waals surface area contributed by atoms with Crippen molar-refractivity contribution in [3.05, 3.63) is 21.9 Å². The molecule has 0 amide bonds. The van der Waals surface area contributed by atoms with Crippen molar-refractivity contribution in [1.82, 2.24) is 5.32 Å². The maximum atomic E-state index is 9.46. The highest BCUT2D eigenvalue weighted by Gasteiger charge is 2.24. The van der Waals surface area contributed by atoms with Crippen LogP contribution in [0.25, 0.3) is 0 Å². The fraction of sp³-hybridized carbons (Fsp3) is 0.692. The summed E-state index contributed by atoms with van der Waals surface area (Å²) in [5.74, 6) is 0. The molecule has 0 bridgehead atoms. The summed E-state index contributed by atoms with van der Waals surface area (Å²) in [6.07, 6.45) is 2.08. The highest BCUT2D eigenvalue weighted by Crippen LogP contribution is 2.25. The highest BCUT2D eigenvalue weighted by molar-refractivity contribution is 7.12. The van der Waals surface area contributed by atoms with E-state index in [4.69, 9.17) is 0 Å². The number of hydrogen-bond donors (Lipinski definition) is 2. The molecule has 0 saturated heterocycles. The van der Waals surface area contributed by atoms with E-state index in [1.54, 1.807) is 0 Å². The summed E-state index contributed by atoms with van der Waals surface area (Å²) < 4.78 is 0. The van der Waals surface area contributed by atoms with Crippen LogP contribution < -0.4 is 5.32 Å². The maximum Gasteiger partial charge on any atom is 0.0610 e. The molecule has 1 aromatic heterocycles. The van der Waals surface area contributed by atoms with Crippen LogP contribution in [0, 0.1) is 6.92 Å². The predicted molar refractivity (Wildman–Crippen MR) is 71.0 cm³/mol. The molecule has 0 aliphatic carbocycles. The second kappa shape index (κ2) is 5.80. The van der Waals surface area contributed by atoms with E-state index in [0.717, 1.165) is 12.8 Å². The number of aryl methyl sites for hydroxylation is 1. The van der Waals surface area contributed by atoms with E-state index in [1.807, 2.05) is 11.3 Å². The van der Waals surface area contributed by atoms with E-state index in [0.29, 0.717) is 6.04 Å². The van der Waals surface area contributed by atoms with Crippen molar-refractivity contribution in [3.63, 3.8) is 0 Å². The fourth-order valence-electron chi connectivity index (χ4n) is 2.03. The number of aliphatic hydroxyl groups excluding tert-OH is 1. The van der Waals surface area contributed by atoms with Crippen molar-refractivity contribution in [1.29, 1.82) is 0 Å². The SMILES string of the molecule is CCCC(C)(CO)NC(C)c1ccc(C)s1. The summed E-state index contributed by atoms with van der Waals surface area (Å²) in [4.78, 5) is 2.68. The zero-order chi connectivity index (χ0) is 12.2. The molecule has 2 unspecified atom stereocenters. The molecule has 1 heterocycles. The second-order valence-corrected chi connectivity index (χ2v) is 6.10. The Morgan fingerprint density at radius 3 is 2.62 bits per heavy atom. The van der Waals surface area contributed by atoms with Gasteiger partial charge in [-0.25, -0.2) is 0 Å². The summed E-state index contributed by atoms with van der Waals surface area (Å²) in [7, 11) is 0. The first-order valence-electron chi connectivity index (χ1n) is 5.95. The smallest absolute Gasteiger partial charge is 0.0610 e. The molecule has 3 heteroatoms. The van der Waals surface area contributed by atoms with Gasteiger partial charge in [0.25, 0.3) is 0 Å². The van der Waals surface area contributed by atoms with Gasteiger partial charge < -0.3 is 10.4 Å². The summed E-state index contributed by atoms with van der Waals surface area (Å²) >= 11 is 1.82. The van der Waals surface area contributed by atoms with Gasteiger partial charge in [0, 0.05) is 21.3 Å². The number of rotatable bonds is 6. The van der Waals surface area contributed by atoms with Crippen LogP contribution in [0.4, 0.5) is 0 Å². The van der Waals surface area contributed by atoms with Gasteiger partial charge in [0.05, 0.1) is 6.61 Å². The Kier molecular flexibility index (Phi) is 4.96. The van der Waals surface area contributed by atoms with E-state index in [2.05, 4.69) is 45.1 Å². The molecule has 16 heavy (non-hydrogen) atoms. The Labute approximate surface area is 103 Å². The molecule has 0 aromatic carbocycles. The molecule has 0 radical (unpaired) electrons. The second-order valence-electron chi connectivity index (χ2n) is 4.78. The molecule has 0 spiro atoms. The summed E-state index contributed by atoms with van der Waals surface area (Å²) in [6, 6.07) is 4.62. The third kappa shape index (κ3) is 3.58. The fourth-order valence-corrected chi connectivity index (χ4v) is 2.91. The molecule has 2 N–H and O–H groups in total. The number of aliphatic hydroxyl groups is 1. The van der Waals surface area contributed by atoms with Gasteiger partial charge in [0.15, 0.2) is 0 Å². The first-order chi connectivity index (χ1) is 7.50. The minimum Gasteiger partial charge on any atom is -0.394 e. The lowest BCUT2D eigenvalue weighted by Crippen LogP contribution is -2.46. The number of nitrogens with one attached hydrogen (secondary N) is 1. The van der Waals surface area contributed by atoms with E-state index in [1.165, 1.54) is 9.75 Å². The van der Waals surface area contributed by atoms with Crippen molar-refractivity contribution in [2.45, 2.75) is 52.1 Å². The maximum absolute atomic E-state index is 9.46. The van der Waals surface area contributed by atoms with E-state index < -0.39 is 0 Å². The van der Waals surface area contributed by atoms with Crippen molar-refractivity contribution in [2.24, 2.45) is 0 Å². The van der Waals surface area contributed by atoms with Crippen molar-refractivity contribution in [2.75, 3.05) is 6.61 Å². The van der Waals surface area contributed by atoms with Crippen molar-refractivity contribution in [3.8, 4) is 0 Å². The minimum absolute atomic E-state index is 0.161. The Hall–Kier alpha value is -0.380. The Bertz CT molecular complexity index is 323. The number of thiophene rings is 1. The Morgan fingerprint density at radius 1 is 1.50 bits per heavy atom. The van der Waals surface area contributed by atoms with E-state index in [9.17, 15) is 5.11 Å². The quantitative estimate of drug-likeness (QED) is 0.801. The van der Waals surface area contributed by atoms with Crippen molar-refractivity contribution < 1.29 is 5.11 Å². The van der Waals surface area contributed by atoms with E-state index in [-0.39, 0.29) is 12.1 Å². The average molecular weight is 241 g/mol. The molecular formula is C13H23NOS. The minimum atomic E-state index is -0.161. The molecule has 92 valence electrons. The van der Waals surface area contributed by atoms with Gasteiger partial charge in [-0.1, -0.05) is 13.3 Å². The number of hydrogen-bond acceptors (Lipinski definition) is 3. The van der Waals surface area contributed by atoms with Gasteiger partial charge in [-0.3, -0.25) is 0 Å². The van der Waals surface area contributed by atoms with Gasteiger partial charge in [0.1, 0.15) is 0 Å². The van der Waals surface area contributed by atoms with Crippen LogP contribution in [0.3, 0.4) is 0 Å². The molecule has 1 aromatic rings. The van der Waals surface area contributed by atoms with Gasteiger partial charge in [-0.2, -0.15) is 0 Å². The van der Waals surface area contributed by atoms with Crippen LogP contribution in [0.2, 0.25) is 0 Å². The largest absolute Gasteiger partial charge is 0.394 e. The molecule has 2 atom stereocenters. The average Bonchev–Trinajstić information content (AvgIpc) is 2.65.